The van der Waals surface area contributed by atoms with Gasteiger partial charge in [-0.1, -0.05) is 106 Å². The molecule has 150 valence electrons. The summed E-state index contributed by atoms with van der Waals surface area (Å²) in [5.41, 5.74) is 2.09. The molecule has 0 radical (unpaired) electrons. The fraction of sp³-hybridized carbons (Fsp3) is 0.920. The number of hydrogen-bond acceptors (Lipinski definition) is 0. The molecule has 0 aliphatic carbocycles. The van der Waals surface area contributed by atoms with Crippen LogP contribution in [0.1, 0.15) is 120 Å². The number of rotatable bonds is 15. The van der Waals surface area contributed by atoms with E-state index >= 15 is 0 Å². The van der Waals surface area contributed by atoms with Crippen LogP contribution in [0, 0.1) is 29.1 Å². The second-order valence-corrected chi connectivity index (χ2v) is 8.94. The molecule has 0 aromatic carbocycles. The third-order valence-corrected chi connectivity index (χ3v) is 7.41. The largest absolute Gasteiger partial charge is 0.0996 e. The molecule has 0 heterocycles. The summed E-state index contributed by atoms with van der Waals surface area (Å²) in [5, 5.41) is 0. The molecule has 0 aliphatic rings. The van der Waals surface area contributed by atoms with Crippen molar-refractivity contribution in [1.29, 1.82) is 0 Å². The van der Waals surface area contributed by atoms with Gasteiger partial charge in [0.1, 0.15) is 0 Å². The Morgan fingerprint density at radius 2 is 1.40 bits per heavy atom. The summed E-state index contributed by atoms with van der Waals surface area (Å²) in [7, 11) is 0. The molecule has 25 heavy (non-hydrogen) atoms. The lowest BCUT2D eigenvalue weighted by Crippen LogP contribution is -2.29. The second-order valence-electron chi connectivity index (χ2n) is 8.94. The number of hydrogen-bond donors (Lipinski definition) is 0. The lowest BCUT2D eigenvalue weighted by molar-refractivity contribution is 0.124. The van der Waals surface area contributed by atoms with Crippen molar-refractivity contribution in [2.45, 2.75) is 120 Å². The molecule has 0 bridgehead atoms. The first-order valence-electron chi connectivity index (χ1n) is 11.5. The van der Waals surface area contributed by atoms with Crippen molar-refractivity contribution >= 4 is 0 Å². The van der Waals surface area contributed by atoms with Crippen LogP contribution in [0.15, 0.2) is 12.2 Å². The summed E-state index contributed by atoms with van der Waals surface area (Å²) in [6.07, 6.45) is 13.2. The van der Waals surface area contributed by atoms with Crippen molar-refractivity contribution in [3.8, 4) is 0 Å². The average Bonchev–Trinajstić information content (AvgIpc) is 2.63. The predicted molar refractivity (Wildman–Crippen MR) is 117 cm³/mol. The number of allylic oxidation sites excluding steroid dienone is 1. The quantitative estimate of drug-likeness (QED) is 0.258. The minimum atomic E-state index is 0.564. The van der Waals surface area contributed by atoms with Gasteiger partial charge in [-0.2, -0.15) is 0 Å². The van der Waals surface area contributed by atoms with Crippen LogP contribution in [-0.2, 0) is 0 Å². The zero-order valence-electron chi connectivity index (χ0n) is 19.1. The average molecular weight is 351 g/mol. The monoisotopic (exact) mass is 350 g/mol. The summed E-state index contributed by atoms with van der Waals surface area (Å²) in [6, 6.07) is 0. The minimum absolute atomic E-state index is 0.564. The summed E-state index contributed by atoms with van der Waals surface area (Å²) < 4.78 is 0. The lowest BCUT2D eigenvalue weighted by Gasteiger charge is -2.40. The summed E-state index contributed by atoms with van der Waals surface area (Å²) in [6.45, 7) is 23.7. The molecule has 0 aromatic heterocycles. The van der Waals surface area contributed by atoms with Crippen molar-refractivity contribution < 1.29 is 0 Å². The predicted octanol–water partition coefficient (Wildman–Crippen LogP) is 9.05. The maximum absolute atomic E-state index is 4.53. The maximum atomic E-state index is 4.53. The molecular weight excluding hydrogens is 300 g/mol. The molecule has 0 amide bonds. The molecule has 0 aliphatic heterocycles. The van der Waals surface area contributed by atoms with Crippen LogP contribution in [0.4, 0.5) is 0 Å². The van der Waals surface area contributed by atoms with E-state index in [-0.39, 0.29) is 0 Å². The van der Waals surface area contributed by atoms with Crippen LogP contribution >= 0.6 is 0 Å². The van der Waals surface area contributed by atoms with Gasteiger partial charge in [0.05, 0.1) is 0 Å². The standard InChI is InChI=1S/C25H50/c1-10-16-22(9)24(21(8)13-4)18-23(20(7)12-3)19-25(14-5,15-6)17-11-2/h20-21,23-24H,9-19H2,1-8H3. The normalized spacial score (nSPS) is 17.1. The Bertz CT molecular complexity index is 336. The Hall–Kier alpha value is -0.260. The first kappa shape index (κ1) is 24.7. The van der Waals surface area contributed by atoms with Gasteiger partial charge in [0.15, 0.2) is 0 Å². The van der Waals surface area contributed by atoms with E-state index in [4.69, 9.17) is 0 Å². The summed E-state index contributed by atoms with van der Waals surface area (Å²) in [5.74, 6) is 3.17. The zero-order chi connectivity index (χ0) is 19.5. The first-order valence-corrected chi connectivity index (χ1v) is 11.5. The van der Waals surface area contributed by atoms with Gasteiger partial charge in [0, 0.05) is 0 Å². The third kappa shape index (κ3) is 7.88. The van der Waals surface area contributed by atoms with Gasteiger partial charge in [-0.3, -0.25) is 0 Å². The van der Waals surface area contributed by atoms with E-state index in [1.165, 1.54) is 69.8 Å². The van der Waals surface area contributed by atoms with Crippen LogP contribution in [0.3, 0.4) is 0 Å². The fourth-order valence-corrected chi connectivity index (χ4v) is 4.85. The van der Waals surface area contributed by atoms with Gasteiger partial charge < -0.3 is 0 Å². The van der Waals surface area contributed by atoms with Crippen molar-refractivity contribution in [3.05, 3.63) is 12.2 Å². The SMILES string of the molecule is C=C(CCC)C(CC(CC(CC)(CC)CCC)C(C)CC)C(C)CC. The highest BCUT2D eigenvalue weighted by Gasteiger charge is 2.33. The smallest absolute Gasteiger partial charge is 0.0178 e. The van der Waals surface area contributed by atoms with Gasteiger partial charge in [-0.15, -0.1) is 0 Å². The van der Waals surface area contributed by atoms with Gasteiger partial charge in [0.2, 0.25) is 0 Å². The molecule has 4 atom stereocenters. The van der Waals surface area contributed by atoms with Gasteiger partial charge in [0.25, 0.3) is 0 Å². The first-order chi connectivity index (χ1) is 11.8. The molecule has 0 nitrogen and oxygen atoms in total. The summed E-state index contributed by atoms with van der Waals surface area (Å²) >= 11 is 0. The van der Waals surface area contributed by atoms with E-state index in [2.05, 4.69) is 62.0 Å². The highest BCUT2D eigenvalue weighted by atomic mass is 14.4. The van der Waals surface area contributed by atoms with E-state index in [9.17, 15) is 0 Å². The highest BCUT2D eigenvalue weighted by molar-refractivity contribution is 5.03. The molecule has 0 fully saturated rings. The maximum Gasteiger partial charge on any atom is -0.0178 e. The van der Waals surface area contributed by atoms with E-state index < -0.39 is 0 Å². The van der Waals surface area contributed by atoms with Crippen molar-refractivity contribution in [2.75, 3.05) is 0 Å². The molecule has 4 unspecified atom stereocenters. The van der Waals surface area contributed by atoms with Crippen LogP contribution < -0.4 is 0 Å². The van der Waals surface area contributed by atoms with E-state index in [1.807, 2.05) is 0 Å². The van der Waals surface area contributed by atoms with Crippen molar-refractivity contribution in [1.82, 2.24) is 0 Å². The molecule has 0 rings (SSSR count). The van der Waals surface area contributed by atoms with Crippen LogP contribution in [-0.4, -0.2) is 0 Å². The molecule has 0 saturated carbocycles. The molecule has 0 heteroatoms. The Kier molecular flexibility index (Phi) is 12.9. The van der Waals surface area contributed by atoms with Crippen molar-refractivity contribution in [3.63, 3.8) is 0 Å². The molecular formula is C25H50. The molecule has 0 N–H and O–H groups in total. The fourth-order valence-electron chi connectivity index (χ4n) is 4.85. The van der Waals surface area contributed by atoms with Crippen molar-refractivity contribution in [2.24, 2.45) is 29.1 Å². The third-order valence-electron chi connectivity index (χ3n) is 7.41. The van der Waals surface area contributed by atoms with Gasteiger partial charge in [-0.05, 0) is 54.8 Å². The zero-order valence-corrected chi connectivity index (χ0v) is 19.1. The Morgan fingerprint density at radius 1 is 0.840 bits per heavy atom. The molecule has 0 spiro atoms. The summed E-state index contributed by atoms with van der Waals surface area (Å²) in [4.78, 5) is 0. The highest BCUT2D eigenvalue weighted by Crippen LogP contribution is 2.44. The van der Waals surface area contributed by atoms with E-state index in [1.54, 1.807) is 0 Å². The minimum Gasteiger partial charge on any atom is -0.0996 e. The lowest BCUT2D eigenvalue weighted by atomic mass is 9.65. The van der Waals surface area contributed by atoms with Crippen LogP contribution in [0.25, 0.3) is 0 Å². The van der Waals surface area contributed by atoms with Crippen LogP contribution in [0.5, 0.6) is 0 Å². The van der Waals surface area contributed by atoms with Gasteiger partial charge >= 0.3 is 0 Å². The Morgan fingerprint density at radius 3 is 1.80 bits per heavy atom. The van der Waals surface area contributed by atoms with Gasteiger partial charge in [-0.25, -0.2) is 0 Å². The Labute approximate surface area is 161 Å². The molecule has 0 saturated heterocycles. The molecule has 0 aromatic rings. The second kappa shape index (κ2) is 13.0. The van der Waals surface area contributed by atoms with Crippen LogP contribution in [0.2, 0.25) is 0 Å². The van der Waals surface area contributed by atoms with E-state index in [0.717, 1.165) is 23.7 Å². The van der Waals surface area contributed by atoms with E-state index in [0.29, 0.717) is 5.41 Å². The topological polar surface area (TPSA) is 0 Å². The Balaban J connectivity index is 5.44.